The van der Waals surface area contributed by atoms with Crippen molar-refractivity contribution in [1.82, 2.24) is 0 Å². The lowest BCUT2D eigenvalue weighted by Crippen LogP contribution is -2.13. The van der Waals surface area contributed by atoms with E-state index in [4.69, 9.17) is 15.6 Å². The molecule has 0 fully saturated rings. The third kappa shape index (κ3) is 3.31. The summed E-state index contributed by atoms with van der Waals surface area (Å²) in [5.74, 6) is 0.721. The number of hydrogen-bond acceptors (Lipinski definition) is 4. The van der Waals surface area contributed by atoms with Crippen LogP contribution in [0, 0.1) is 0 Å². The van der Waals surface area contributed by atoms with Crippen LogP contribution >= 0.6 is 0 Å². The molecule has 0 unspecified atom stereocenters. The standard InChI is InChI=1S/C13H14N2O3S/c14-9-10-5-7-11(8-6-10)18-12-3-1-2-4-13(12)19(15,16)17/h1-8H,9,14H2,(H2,15,16,17). The van der Waals surface area contributed by atoms with Crippen LogP contribution in [0.4, 0.5) is 0 Å². The number of benzene rings is 2. The van der Waals surface area contributed by atoms with E-state index in [2.05, 4.69) is 0 Å². The first-order valence-electron chi connectivity index (χ1n) is 5.59. The SMILES string of the molecule is NCc1ccc(Oc2ccccc2S(N)(=O)=O)cc1. The van der Waals surface area contributed by atoms with Crippen LogP contribution in [-0.2, 0) is 16.6 Å². The van der Waals surface area contributed by atoms with Gasteiger partial charge in [-0.1, -0.05) is 24.3 Å². The van der Waals surface area contributed by atoms with Crippen LogP contribution in [0.5, 0.6) is 11.5 Å². The Bertz CT molecular complexity index is 667. The Balaban J connectivity index is 2.33. The van der Waals surface area contributed by atoms with E-state index in [0.29, 0.717) is 12.3 Å². The highest BCUT2D eigenvalue weighted by Gasteiger charge is 2.14. The topological polar surface area (TPSA) is 95.4 Å². The summed E-state index contributed by atoms with van der Waals surface area (Å²) in [4.78, 5) is -0.0436. The van der Waals surface area contributed by atoms with Crippen LogP contribution in [0.1, 0.15) is 5.56 Å². The van der Waals surface area contributed by atoms with E-state index in [9.17, 15) is 8.42 Å². The van der Waals surface area contributed by atoms with Crippen molar-refractivity contribution < 1.29 is 13.2 Å². The van der Waals surface area contributed by atoms with Crippen molar-refractivity contribution in [2.24, 2.45) is 10.9 Å². The van der Waals surface area contributed by atoms with Gasteiger partial charge < -0.3 is 10.5 Å². The van der Waals surface area contributed by atoms with Gasteiger partial charge in [0.25, 0.3) is 0 Å². The molecular formula is C13H14N2O3S. The minimum Gasteiger partial charge on any atom is -0.456 e. The molecule has 2 aromatic rings. The first kappa shape index (κ1) is 13.5. The molecule has 100 valence electrons. The van der Waals surface area contributed by atoms with Crippen molar-refractivity contribution in [3.8, 4) is 11.5 Å². The fourth-order valence-corrected chi connectivity index (χ4v) is 2.25. The Kier molecular flexibility index (Phi) is 3.84. The lowest BCUT2D eigenvalue weighted by atomic mass is 10.2. The second-order valence-corrected chi connectivity index (χ2v) is 5.47. The van der Waals surface area contributed by atoms with E-state index in [1.54, 1.807) is 30.3 Å². The summed E-state index contributed by atoms with van der Waals surface area (Å²) in [7, 11) is -3.81. The molecule has 2 rings (SSSR count). The van der Waals surface area contributed by atoms with Crippen LogP contribution in [0.15, 0.2) is 53.4 Å². The number of hydrogen-bond donors (Lipinski definition) is 2. The second-order valence-electron chi connectivity index (χ2n) is 3.94. The van der Waals surface area contributed by atoms with Crippen molar-refractivity contribution in [3.63, 3.8) is 0 Å². The monoisotopic (exact) mass is 278 g/mol. The summed E-state index contributed by atoms with van der Waals surface area (Å²) in [5, 5.41) is 5.13. The van der Waals surface area contributed by atoms with Gasteiger partial charge in [0.2, 0.25) is 10.0 Å². The molecule has 0 saturated carbocycles. The van der Waals surface area contributed by atoms with Crippen molar-refractivity contribution in [2.75, 3.05) is 0 Å². The average molecular weight is 278 g/mol. The summed E-state index contributed by atoms with van der Waals surface area (Å²) >= 11 is 0. The Morgan fingerprint density at radius 2 is 1.63 bits per heavy atom. The highest BCUT2D eigenvalue weighted by molar-refractivity contribution is 7.89. The summed E-state index contributed by atoms with van der Waals surface area (Å²) in [5.41, 5.74) is 6.46. The van der Waals surface area contributed by atoms with Crippen LogP contribution in [0.3, 0.4) is 0 Å². The fourth-order valence-electron chi connectivity index (χ4n) is 1.59. The Morgan fingerprint density at radius 1 is 1.00 bits per heavy atom. The highest BCUT2D eigenvalue weighted by atomic mass is 32.2. The summed E-state index contributed by atoms with van der Waals surface area (Å²) in [6, 6.07) is 13.3. The Morgan fingerprint density at radius 3 is 2.21 bits per heavy atom. The van der Waals surface area contributed by atoms with Gasteiger partial charge in [0, 0.05) is 6.54 Å². The third-order valence-electron chi connectivity index (χ3n) is 2.54. The number of ether oxygens (including phenoxy) is 1. The lowest BCUT2D eigenvalue weighted by Gasteiger charge is -2.09. The smallest absolute Gasteiger partial charge is 0.241 e. The van der Waals surface area contributed by atoms with Gasteiger partial charge in [0.1, 0.15) is 16.4 Å². The number of para-hydroxylation sites is 1. The maximum atomic E-state index is 11.4. The molecule has 5 nitrogen and oxygen atoms in total. The average Bonchev–Trinajstić information content (AvgIpc) is 2.39. The van der Waals surface area contributed by atoms with E-state index in [0.717, 1.165) is 5.56 Å². The van der Waals surface area contributed by atoms with E-state index in [1.807, 2.05) is 12.1 Å². The molecule has 19 heavy (non-hydrogen) atoms. The molecule has 0 aliphatic rings. The van der Waals surface area contributed by atoms with Gasteiger partial charge in [0.15, 0.2) is 0 Å². The molecule has 0 bridgehead atoms. The molecule has 0 amide bonds. The Labute approximate surface area is 111 Å². The predicted octanol–water partition coefficient (Wildman–Crippen LogP) is 1.59. The molecular weight excluding hydrogens is 264 g/mol. The molecule has 6 heteroatoms. The normalized spacial score (nSPS) is 11.3. The van der Waals surface area contributed by atoms with Gasteiger partial charge in [-0.25, -0.2) is 13.6 Å². The van der Waals surface area contributed by atoms with Crippen LogP contribution in [0.25, 0.3) is 0 Å². The van der Waals surface area contributed by atoms with Crippen molar-refractivity contribution in [1.29, 1.82) is 0 Å². The summed E-state index contributed by atoms with van der Waals surface area (Å²) < 4.78 is 28.4. The minimum absolute atomic E-state index is 0.0436. The van der Waals surface area contributed by atoms with Crippen molar-refractivity contribution in [2.45, 2.75) is 11.4 Å². The molecule has 0 heterocycles. The molecule has 0 aromatic heterocycles. The maximum Gasteiger partial charge on any atom is 0.241 e. The number of primary sulfonamides is 1. The van der Waals surface area contributed by atoms with Gasteiger partial charge in [-0.05, 0) is 29.8 Å². The molecule has 0 saturated heterocycles. The number of nitrogens with two attached hydrogens (primary N) is 2. The molecule has 4 N–H and O–H groups in total. The van der Waals surface area contributed by atoms with Gasteiger partial charge in [0.05, 0.1) is 0 Å². The molecule has 0 aliphatic heterocycles. The Hall–Kier alpha value is -1.89. The van der Waals surface area contributed by atoms with Crippen LogP contribution in [-0.4, -0.2) is 8.42 Å². The van der Waals surface area contributed by atoms with Gasteiger partial charge >= 0.3 is 0 Å². The molecule has 0 radical (unpaired) electrons. The molecule has 2 aromatic carbocycles. The zero-order chi connectivity index (χ0) is 13.9. The molecule has 0 spiro atoms. The van der Waals surface area contributed by atoms with Crippen LogP contribution in [0.2, 0.25) is 0 Å². The zero-order valence-electron chi connectivity index (χ0n) is 10.1. The van der Waals surface area contributed by atoms with Crippen molar-refractivity contribution >= 4 is 10.0 Å². The largest absolute Gasteiger partial charge is 0.456 e. The second kappa shape index (κ2) is 5.40. The van der Waals surface area contributed by atoms with E-state index < -0.39 is 10.0 Å². The predicted molar refractivity (Wildman–Crippen MR) is 72.2 cm³/mol. The zero-order valence-corrected chi connectivity index (χ0v) is 10.9. The highest BCUT2D eigenvalue weighted by Crippen LogP contribution is 2.27. The third-order valence-corrected chi connectivity index (χ3v) is 3.49. The minimum atomic E-state index is -3.81. The number of sulfonamides is 1. The lowest BCUT2D eigenvalue weighted by molar-refractivity contribution is 0.467. The molecule has 0 atom stereocenters. The van der Waals surface area contributed by atoms with E-state index in [-0.39, 0.29) is 10.6 Å². The fraction of sp³-hybridized carbons (Fsp3) is 0.0769. The first-order valence-corrected chi connectivity index (χ1v) is 7.14. The van der Waals surface area contributed by atoms with Gasteiger partial charge in [-0.2, -0.15) is 0 Å². The van der Waals surface area contributed by atoms with Gasteiger partial charge in [-0.15, -0.1) is 0 Å². The summed E-state index contributed by atoms with van der Waals surface area (Å²) in [6.45, 7) is 0.439. The quantitative estimate of drug-likeness (QED) is 0.887. The summed E-state index contributed by atoms with van der Waals surface area (Å²) in [6.07, 6.45) is 0. The van der Waals surface area contributed by atoms with Crippen molar-refractivity contribution in [3.05, 3.63) is 54.1 Å². The maximum absolute atomic E-state index is 11.4. The number of rotatable bonds is 4. The van der Waals surface area contributed by atoms with E-state index in [1.165, 1.54) is 6.07 Å². The van der Waals surface area contributed by atoms with Crippen LogP contribution < -0.4 is 15.6 Å². The molecule has 0 aliphatic carbocycles. The first-order chi connectivity index (χ1) is 9.00. The van der Waals surface area contributed by atoms with E-state index >= 15 is 0 Å². The van der Waals surface area contributed by atoms with Gasteiger partial charge in [-0.3, -0.25) is 0 Å².